The molecule has 0 aromatic carbocycles. The molecule has 0 bridgehead atoms. The monoisotopic (exact) mass is 305 g/mol. The second-order valence-corrected chi connectivity index (χ2v) is 6.40. The third kappa shape index (κ3) is 3.50. The minimum Gasteiger partial charge on any atom is -0.348 e. The normalized spacial score (nSPS) is 19.9. The predicted molar refractivity (Wildman–Crippen MR) is 85.8 cm³/mol. The molecule has 6 nitrogen and oxygen atoms in total. The highest BCUT2D eigenvalue weighted by Crippen LogP contribution is 2.17. The lowest BCUT2D eigenvalue weighted by atomic mass is 10.0. The highest BCUT2D eigenvalue weighted by molar-refractivity contribution is 5.94. The van der Waals surface area contributed by atoms with Crippen LogP contribution in [0.15, 0.2) is 0 Å². The first-order valence-electron chi connectivity index (χ1n) is 8.58. The van der Waals surface area contributed by atoms with Gasteiger partial charge in [0, 0.05) is 49.9 Å². The minimum absolute atomic E-state index is 0.0202. The van der Waals surface area contributed by atoms with Gasteiger partial charge in [-0.2, -0.15) is 5.10 Å². The highest BCUT2D eigenvalue weighted by Gasteiger charge is 2.25. The number of nitrogens with one attached hydrogen (secondary N) is 3. The molecule has 1 saturated heterocycles. The molecule has 2 aliphatic rings. The number of aromatic nitrogens is 2. The average Bonchev–Trinajstić information content (AvgIpc) is 2.98. The SMILES string of the molecule is CCCCN1CCC(NC(=O)c2n[nH]c3c2CNCC3)CC1. The number of unbranched alkanes of at least 4 members (excludes halogenated alkanes) is 1. The molecule has 1 amide bonds. The second kappa shape index (κ2) is 7.24. The number of fused-ring (bicyclic) bond motifs is 1. The van der Waals surface area contributed by atoms with Crippen LogP contribution in [0.5, 0.6) is 0 Å². The lowest BCUT2D eigenvalue weighted by Crippen LogP contribution is -2.45. The number of nitrogens with zero attached hydrogens (tertiary/aromatic N) is 2. The van der Waals surface area contributed by atoms with Crippen LogP contribution in [0.2, 0.25) is 0 Å². The quantitative estimate of drug-likeness (QED) is 0.760. The third-order valence-electron chi connectivity index (χ3n) is 4.77. The summed E-state index contributed by atoms with van der Waals surface area (Å²) in [5.41, 5.74) is 2.73. The van der Waals surface area contributed by atoms with E-state index in [1.54, 1.807) is 0 Å². The summed E-state index contributed by atoms with van der Waals surface area (Å²) >= 11 is 0. The number of H-pyrrole nitrogens is 1. The van der Waals surface area contributed by atoms with Gasteiger partial charge in [0.05, 0.1) is 0 Å². The smallest absolute Gasteiger partial charge is 0.272 e. The zero-order valence-electron chi connectivity index (χ0n) is 13.5. The molecular formula is C16H27N5O. The second-order valence-electron chi connectivity index (χ2n) is 6.40. The van der Waals surface area contributed by atoms with Crippen LogP contribution in [0.1, 0.15) is 54.4 Å². The summed E-state index contributed by atoms with van der Waals surface area (Å²) in [6.07, 6.45) is 5.52. The number of likely N-dealkylation sites (tertiary alicyclic amines) is 1. The Morgan fingerprint density at radius 1 is 1.41 bits per heavy atom. The van der Waals surface area contributed by atoms with E-state index in [0.717, 1.165) is 56.7 Å². The molecule has 1 aromatic rings. The van der Waals surface area contributed by atoms with Crippen LogP contribution in [0.3, 0.4) is 0 Å². The molecule has 0 unspecified atom stereocenters. The minimum atomic E-state index is -0.0202. The number of hydrogen-bond donors (Lipinski definition) is 3. The van der Waals surface area contributed by atoms with Crippen molar-refractivity contribution in [1.82, 2.24) is 25.7 Å². The number of carbonyl (C=O) groups is 1. The van der Waals surface area contributed by atoms with Gasteiger partial charge in [-0.15, -0.1) is 0 Å². The van der Waals surface area contributed by atoms with Crippen molar-refractivity contribution >= 4 is 5.91 Å². The molecule has 122 valence electrons. The standard InChI is InChI=1S/C16H27N5O/c1-2-3-8-21-9-5-12(6-10-21)18-16(22)15-13-11-17-7-4-14(13)19-20-15/h12,17H,2-11H2,1H3,(H,18,22)(H,19,20). The summed E-state index contributed by atoms with van der Waals surface area (Å²) in [4.78, 5) is 15.0. The van der Waals surface area contributed by atoms with Crippen molar-refractivity contribution in [3.05, 3.63) is 17.0 Å². The van der Waals surface area contributed by atoms with Gasteiger partial charge in [0.1, 0.15) is 0 Å². The predicted octanol–water partition coefficient (Wildman–Crippen LogP) is 1.05. The molecule has 0 aliphatic carbocycles. The summed E-state index contributed by atoms with van der Waals surface area (Å²) in [6.45, 7) is 7.29. The molecule has 0 spiro atoms. The molecule has 22 heavy (non-hydrogen) atoms. The van der Waals surface area contributed by atoms with Crippen LogP contribution >= 0.6 is 0 Å². The summed E-state index contributed by atoms with van der Waals surface area (Å²) in [5.74, 6) is -0.0202. The number of aromatic amines is 1. The third-order valence-corrected chi connectivity index (χ3v) is 4.77. The Bertz CT molecular complexity index is 505. The van der Waals surface area contributed by atoms with Crippen LogP contribution in [-0.4, -0.2) is 53.2 Å². The van der Waals surface area contributed by atoms with Crippen molar-refractivity contribution in [3.8, 4) is 0 Å². The summed E-state index contributed by atoms with van der Waals surface area (Å²) in [6, 6.07) is 0.286. The summed E-state index contributed by atoms with van der Waals surface area (Å²) < 4.78 is 0. The molecule has 1 aromatic heterocycles. The maximum absolute atomic E-state index is 12.5. The van der Waals surface area contributed by atoms with E-state index in [1.807, 2.05) is 0 Å². The number of carbonyl (C=O) groups excluding carboxylic acids is 1. The van der Waals surface area contributed by atoms with E-state index in [9.17, 15) is 4.79 Å². The van der Waals surface area contributed by atoms with Crippen molar-refractivity contribution in [3.63, 3.8) is 0 Å². The Morgan fingerprint density at radius 2 is 2.23 bits per heavy atom. The first kappa shape index (κ1) is 15.5. The molecule has 3 heterocycles. The topological polar surface area (TPSA) is 73.0 Å². The van der Waals surface area contributed by atoms with E-state index in [1.165, 1.54) is 19.4 Å². The Kier molecular flexibility index (Phi) is 5.10. The highest BCUT2D eigenvalue weighted by atomic mass is 16.2. The van der Waals surface area contributed by atoms with Crippen molar-refractivity contribution in [1.29, 1.82) is 0 Å². The Labute approximate surface area is 132 Å². The maximum atomic E-state index is 12.5. The van der Waals surface area contributed by atoms with Crippen molar-refractivity contribution in [2.75, 3.05) is 26.2 Å². The molecule has 3 rings (SSSR count). The van der Waals surface area contributed by atoms with Gasteiger partial charge < -0.3 is 15.5 Å². The fourth-order valence-electron chi connectivity index (χ4n) is 3.35. The lowest BCUT2D eigenvalue weighted by molar-refractivity contribution is 0.0904. The van der Waals surface area contributed by atoms with Crippen LogP contribution in [0.25, 0.3) is 0 Å². The fourth-order valence-corrected chi connectivity index (χ4v) is 3.35. The Balaban J connectivity index is 1.51. The van der Waals surface area contributed by atoms with Gasteiger partial charge in [0.2, 0.25) is 0 Å². The van der Waals surface area contributed by atoms with E-state index in [4.69, 9.17) is 0 Å². The van der Waals surface area contributed by atoms with E-state index in [0.29, 0.717) is 5.69 Å². The number of amides is 1. The van der Waals surface area contributed by atoms with Crippen LogP contribution in [0.4, 0.5) is 0 Å². The van der Waals surface area contributed by atoms with E-state index in [2.05, 4.69) is 32.7 Å². The first-order chi connectivity index (χ1) is 10.8. The lowest BCUT2D eigenvalue weighted by Gasteiger charge is -2.32. The molecule has 2 aliphatic heterocycles. The van der Waals surface area contributed by atoms with Gasteiger partial charge in [0.25, 0.3) is 5.91 Å². The van der Waals surface area contributed by atoms with Gasteiger partial charge in [0.15, 0.2) is 5.69 Å². The van der Waals surface area contributed by atoms with E-state index >= 15 is 0 Å². The van der Waals surface area contributed by atoms with Crippen LogP contribution < -0.4 is 10.6 Å². The van der Waals surface area contributed by atoms with Gasteiger partial charge in [-0.05, 0) is 25.8 Å². The van der Waals surface area contributed by atoms with Gasteiger partial charge in [-0.3, -0.25) is 9.89 Å². The summed E-state index contributed by atoms with van der Waals surface area (Å²) in [5, 5.41) is 13.7. The average molecular weight is 305 g/mol. The van der Waals surface area contributed by atoms with Crippen LogP contribution in [-0.2, 0) is 13.0 Å². The molecule has 1 fully saturated rings. The molecule has 0 atom stereocenters. The van der Waals surface area contributed by atoms with Gasteiger partial charge >= 0.3 is 0 Å². The van der Waals surface area contributed by atoms with E-state index < -0.39 is 0 Å². The van der Waals surface area contributed by atoms with Crippen molar-refractivity contribution in [2.45, 2.75) is 51.6 Å². The zero-order chi connectivity index (χ0) is 15.4. The molecule has 3 N–H and O–H groups in total. The number of rotatable bonds is 5. The van der Waals surface area contributed by atoms with Gasteiger partial charge in [-0.25, -0.2) is 0 Å². The zero-order valence-corrected chi connectivity index (χ0v) is 13.5. The van der Waals surface area contributed by atoms with Crippen LogP contribution in [0, 0.1) is 0 Å². The van der Waals surface area contributed by atoms with E-state index in [-0.39, 0.29) is 11.9 Å². The van der Waals surface area contributed by atoms with Crippen molar-refractivity contribution in [2.24, 2.45) is 0 Å². The van der Waals surface area contributed by atoms with Crippen molar-refractivity contribution < 1.29 is 4.79 Å². The summed E-state index contributed by atoms with van der Waals surface area (Å²) in [7, 11) is 0. The first-order valence-corrected chi connectivity index (χ1v) is 8.58. The number of piperidine rings is 1. The fraction of sp³-hybridized carbons (Fsp3) is 0.750. The van der Waals surface area contributed by atoms with Gasteiger partial charge in [-0.1, -0.05) is 13.3 Å². The molecule has 6 heteroatoms. The Hall–Kier alpha value is -1.40. The largest absolute Gasteiger partial charge is 0.348 e. The molecule has 0 saturated carbocycles. The number of hydrogen-bond acceptors (Lipinski definition) is 4. The molecular weight excluding hydrogens is 278 g/mol. The maximum Gasteiger partial charge on any atom is 0.272 e. The molecule has 0 radical (unpaired) electrons. The Morgan fingerprint density at radius 3 is 3.00 bits per heavy atom.